The first-order chi connectivity index (χ1) is 14.1. The molecular formula is C20H20N8O. The second-order valence-corrected chi connectivity index (χ2v) is 6.56. The van der Waals surface area contributed by atoms with Gasteiger partial charge in [0.1, 0.15) is 6.33 Å². The average molecular weight is 388 g/mol. The fourth-order valence-electron chi connectivity index (χ4n) is 3.21. The van der Waals surface area contributed by atoms with Crippen LogP contribution in [0.4, 0.5) is 0 Å². The number of rotatable bonds is 6. The molecule has 0 saturated carbocycles. The number of tetrazole rings is 1. The minimum atomic E-state index is -0.146. The van der Waals surface area contributed by atoms with Gasteiger partial charge in [-0.3, -0.25) is 4.79 Å². The molecule has 3 aromatic heterocycles. The van der Waals surface area contributed by atoms with E-state index in [2.05, 4.69) is 30.9 Å². The molecule has 0 spiro atoms. The molecule has 1 amide bonds. The molecule has 4 aromatic rings. The first-order valence-electron chi connectivity index (χ1n) is 9.21. The summed E-state index contributed by atoms with van der Waals surface area (Å²) >= 11 is 0. The molecule has 9 nitrogen and oxygen atoms in total. The van der Waals surface area contributed by atoms with Crippen molar-refractivity contribution in [3.63, 3.8) is 0 Å². The van der Waals surface area contributed by atoms with Crippen molar-refractivity contribution in [1.29, 1.82) is 0 Å². The van der Waals surface area contributed by atoms with Crippen LogP contribution in [0.2, 0.25) is 0 Å². The lowest BCUT2D eigenvalue weighted by molar-refractivity contribution is 0.0954. The molecule has 0 radical (unpaired) electrons. The summed E-state index contributed by atoms with van der Waals surface area (Å²) in [6, 6.07) is 12.9. The Bertz CT molecular complexity index is 1120. The predicted octanol–water partition coefficient (Wildman–Crippen LogP) is 1.83. The monoisotopic (exact) mass is 388 g/mol. The Morgan fingerprint density at radius 2 is 2.03 bits per heavy atom. The van der Waals surface area contributed by atoms with Crippen molar-refractivity contribution in [2.24, 2.45) is 0 Å². The van der Waals surface area contributed by atoms with Gasteiger partial charge in [-0.1, -0.05) is 12.1 Å². The molecule has 0 aliphatic rings. The average Bonchev–Trinajstić information content (AvgIpc) is 3.38. The summed E-state index contributed by atoms with van der Waals surface area (Å²) in [6.07, 6.45) is 3.92. The number of hydrogen-bond acceptors (Lipinski definition) is 6. The van der Waals surface area contributed by atoms with Crippen LogP contribution in [0.5, 0.6) is 0 Å². The third-order valence-corrected chi connectivity index (χ3v) is 4.69. The highest BCUT2D eigenvalue weighted by molar-refractivity contribution is 5.94. The molecule has 29 heavy (non-hydrogen) atoms. The summed E-state index contributed by atoms with van der Waals surface area (Å²) in [5.41, 5.74) is 4.35. The SMILES string of the molecule is Cc1nn(-c2ccccn2)c(C)c1CCNC(=O)c1cccc(-n2cnnn2)c1. The molecule has 3 heterocycles. The molecule has 0 aliphatic heterocycles. The molecule has 1 N–H and O–H groups in total. The molecule has 0 aliphatic carbocycles. The molecule has 0 bridgehead atoms. The topological polar surface area (TPSA) is 103 Å². The van der Waals surface area contributed by atoms with Crippen molar-refractivity contribution in [3.05, 3.63) is 77.5 Å². The minimum Gasteiger partial charge on any atom is -0.352 e. The van der Waals surface area contributed by atoms with E-state index < -0.39 is 0 Å². The van der Waals surface area contributed by atoms with Gasteiger partial charge in [0.25, 0.3) is 5.91 Å². The molecular weight excluding hydrogens is 368 g/mol. The molecule has 1 aromatic carbocycles. The number of nitrogens with one attached hydrogen (secondary N) is 1. The van der Waals surface area contributed by atoms with Gasteiger partial charge in [-0.2, -0.15) is 5.10 Å². The lowest BCUT2D eigenvalue weighted by Crippen LogP contribution is -2.26. The summed E-state index contributed by atoms with van der Waals surface area (Å²) in [4.78, 5) is 16.9. The lowest BCUT2D eigenvalue weighted by Gasteiger charge is -2.08. The number of amides is 1. The largest absolute Gasteiger partial charge is 0.352 e. The minimum absolute atomic E-state index is 0.146. The Kier molecular flexibility index (Phi) is 5.10. The van der Waals surface area contributed by atoms with Crippen LogP contribution in [0.15, 0.2) is 55.0 Å². The fraction of sp³-hybridized carbons (Fsp3) is 0.200. The predicted molar refractivity (Wildman–Crippen MR) is 106 cm³/mol. The van der Waals surface area contributed by atoms with Gasteiger partial charge in [0, 0.05) is 24.0 Å². The first-order valence-corrected chi connectivity index (χ1v) is 9.21. The number of aryl methyl sites for hydroxylation is 1. The van der Waals surface area contributed by atoms with Gasteiger partial charge in [0.2, 0.25) is 0 Å². The summed E-state index contributed by atoms with van der Waals surface area (Å²) in [5, 5.41) is 18.6. The Morgan fingerprint density at radius 3 is 2.79 bits per heavy atom. The maximum atomic E-state index is 12.6. The lowest BCUT2D eigenvalue weighted by atomic mass is 10.1. The van der Waals surface area contributed by atoms with Crippen molar-refractivity contribution < 1.29 is 4.79 Å². The Morgan fingerprint density at radius 1 is 1.14 bits per heavy atom. The van der Waals surface area contributed by atoms with Crippen LogP contribution < -0.4 is 5.32 Å². The van der Waals surface area contributed by atoms with Gasteiger partial charge >= 0.3 is 0 Å². The third kappa shape index (κ3) is 3.88. The van der Waals surface area contributed by atoms with Crippen molar-refractivity contribution in [1.82, 2.24) is 40.3 Å². The summed E-state index contributed by atoms with van der Waals surface area (Å²) in [5.74, 6) is 0.634. The van der Waals surface area contributed by atoms with Gasteiger partial charge in [-0.05, 0) is 66.6 Å². The Hall–Kier alpha value is -3.88. The standard InChI is InChI=1S/C20H20N8O/c1-14-18(15(2)28(24-14)19-8-3-4-10-21-19)9-11-22-20(29)16-6-5-7-17(12-16)27-13-23-25-26-27/h3-8,10,12-13H,9,11H2,1-2H3,(H,22,29). The maximum Gasteiger partial charge on any atom is 0.251 e. The van der Waals surface area contributed by atoms with Gasteiger partial charge < -0.3 is 5.32 Å². The van der Waals surface area contributed by atoms with Crippen LogP contribution >= 0.6 is 0 Å². The number of carbonyl (C=O) groups excluding carboxylic acids is 1. The second kappa shape index (κ2) is 8.01. The van der Waals surface area contributed by atoms with E-state index in [0.29, 0.717) is 18.5 Å². The molecule has 0 atom stereocenters. The zero-order valence-electron chi connectivity index (χ0n) is 16.1. The van der Waals surface area contributed by atoms with Gasteiger partial charge in [0.05, 0.1) is 11.4 Å². The van der Waals surface area contributed by atoms with Crippen molar-refractivity contribution in [2.45, 2.75) is 20.3 Å². The summed E-state index contributed by atoms with van der Waals surface area (Å²) in [7, 11) is 0. The van der Waals surface area contributed by atoms with E-state index in [1.54, 1.807) is 24.4 Å². The van der Waals surface area contributed by atoms with Crippen LogP contribution in [0, 0.1) is 13.8 Å². The first kappa shape index (κ1) is 18.5. The fourth-order valence-corrected chi connectivity index (χ4v) is 3.21. The van der Waals surface area contributed by atoms with Crippen LogP contribution in [-0.4, -0.2) is 47.4 Å². The molecule has 4 rings (SSSR count). The van der Waals surface area contributed by atoms with Gasteiger partial charge in [-0.25, -0.2) is 14.3 Å². The van der Waals surface area contributed by atoms with E-state index in [9.17, 15) is 4.79 Å². The number of aromatic nitrogens is 7. The molecule has 0 fully saturated rings. The van der Waals surface area contributed by atoms with Crippen LogP contribution in [0.1, 0.15) is 27.3 Å². The molecule has 0 unspecified atom stereocenters. The number of benzene rings is 1. The molecule has 9 heteroatoms. The highest BCUT2D eigenvalue weighted by Gasteiger charge is 2.14. The van der Waals surface area contributed by atoms with Gasteiger partial charge in [0.15, 0.2) is 5.82 Å². The summed E-state index contributed by atoms with van der Waals surface area (Å²) in [6.45, 7) is 4.49. The zero-order valence-corrected chi connectivity index (χ0v) is 16.1. The van der Waals surface area contributed by atoms with Crippen LogP contribution in [0.25, 0.3) is 11.5 Å². The van der Waals surface area contributed by atoms with E-state index in [1.165, 1.54) is 11.0 Å². The Labute approximate surface area is 167 Å². The highest BCUT2D eigenvalue weighted by atomic mass is 16.1. The highest BCUT2D eigenvalue weighted by Crippen LogP contribution is 2.17. The smallest absolute Gasteiger partial charge is 0.251 e. The van der Waals surface area contributed by atoms with Crippen molar-refractivity contribution >= 4 is 5.91 Å². The Balaban J connectivity index is 1.43. The maximum absolute atomic E-state index is 12.6. The second-order valence-electron chi connectivity index (χ2n) is 6.56. The van der Waals surface area contributed by atoms with E-state index in [0.717, 1.165) is 28.5 Å². The number of nitrogens with zero attached hydrogens (tertiary/aromatic N) is 7. The number of hydrogen-bond donors (Lipinski definition) is 1. The van der Waals surface area contributed by atoms with Gasteiger partial charge in [-0.15, -0.1) is 5.10 Å². The van der Waals surface area contributed by atoms with E-state index in [1.807, 2.05) is 42.8 Å². The number of pyridine rings is 1. The van der Waals surface area contributed by atoms with E-state index in [-0.39, 0.29) is 5.91 Å². The normalized spacial score (nSPS) is 10.8. The quantitative estimate of drug-likeness (QED) is 0.540. The number of carbonyl (C=O) groups is 1. The van der Waals surface area contributed by atoms with Crippen molar-refractivity contribution in [2.75, 3.05) is 6.54 Å². The van der Waals surface area contributed by atoms with E-state index >= 15 is 0 Å². The molecule has 146 valence electrons. The van der Waals surface area contributed by atoms with Crippen LogP contribution in [0.3, 0.4) is 0 Å². The summed E-state index contributed by atoms with van der Waals surface area (Å²) < 4.78 is 3.34. The van der Waals surface area contributed by atoms with Crippen molar-refractivity contribution in [3.8, 4) is 11.5 Å². The van der Waals surface area contributed by atoms with Crippen LogP contribution in [-0.2, 0) is 6.42 Å². The third-order valence-electron chi connectivity index (χ3n) is 4.69. The molecule has 0 saturated heterocycles. The zero-order chi connectivity index (χ0) is 20.2. The van der Waals surface area contributed by atoms with E-state index in [4.69, 9.17) is 0 Å².